The standard InChI is InChI=1S/C44H53ClN8O3/c1-31-27-44(30-53(31)38-10-7-34(28-46)39(45)26-38)15-19-50(20-16-44)36-8-5-33(6-9-36)43(56)52-17-13-32(14-18-52)29-49-21-23-51(24-22-49)37-4-2-3-35(25-37)47-40-11-12-41(54)48-42(40)55/h2-10,25-26,31-32,40,47H,11-24,27,29-30H2,1H3,(H,48,54,55). The number of likely N-dealkylation sites (tertiary alicyclic amines) is 1. The van der Waals surface area contributed by atoms with Crippen LogP contribution in [0.5, 0.6) is 0 Å². The van der Waals surface area contributed by atoms with Crippen molar-refractivity contribution in [3.63, 3.8) is 0 Å². The minimum absolute atomic E-state index is 0.137. The van der Waals surface area contributed by atoms with Crippen LogP contribution >= 0.6 is 11.6 Å². The monoisotopic (exact) mass is 776 g/mol. The van der Waals surface area contributed by atoms with Gasteiger partial charge in [0.15, 0.2) is 0 Å². The molecule has 3 aromatic rings. The summed E-state index contributed by atoms with van der Waals surface area (Å²) < 4.78 is 0. The Kier molecular flexibility index (Phi) is 11.1. The molecular weight excluding hydrogens is 724 g/mol. The average molecular weight is 777 g/mol. The molecule has 0 aromatic heterocycles. The fourth-order valence-corrected chi connectivity index (χ4v) is 9.95. The maximum absolute atomic E-state index is 13.6. The van der Waals surface area contributed by atoms with E-state index in [0.717, 1.165) is 120 Å². The number of anilines is 4. The van der Waals surface area contributed by atoms with Crippen molar-refractivity contribution in [2.24, 2.45) is 11.3 Å². The molecule has 5 heterocycles. The molecule has 0 radical (unpaired) electrons. The van der Waals surface area contributed by atoms with Crippen molar-refractivity contribution in [2.75, 3.05) is 85.5 Å². The second-order valence-electron chi connectivity index (χ2n) is 16.7. The van der Waals surface area contributed by atoms with Crippen molar-refractivity contribution >= 4 is 52.1 Å². The maximum Gasteiger partial charge on any atom is 0.253 e. The number of hydrogen-bond donors (Lipinski definition) is 2. The Bertz CT molecular complexity index is 1960. The Morgan fingerprint density at radius 2 is 1.59 bits per heavy atom. The number of imide groups is 1. The molecule has 2 N–H and O–H groups in total. The van der Waals surface area contributed by atoms with E-state index < -0.39 is 0 Å². The lowest BCUT2D eigenvalue weighted by molar-refractivity contribution is -0.133. The second kappa shape index (κ2) is 16.4. The number of carbonyl (C=O) groups excluding carboxylic acids is 3. The molecule has 12 heteroatoms. The van der Waals surface area contributed by atoms with Crippen LogP contribution in [0.15, 0.2) is 66.7 Å². The van der Waals surface area contributed by atoms with Gasteiger partial charge in [-0.15, -0.1) is 0 Å². The van der Waals surface area contributed by atoms with E-state index in [1.807, 2.05) is 47.4 Å². The first-order valence-corrected chi connectivity index (χ1v) is 20.8. The Hall–Kier alpha value is -4.79. The smallest absolute Gasteiger partial charge is 0.253 e. The van der Waals surface area contributed by atoms with E-state index in [9.17, 15) is 19.6 Å². The highest BCUT2D eigenvalue weighted by atomic mass is 35.5. The van der Waals surface area contributed by atoms with Crippen LogP contribution < -0.4 is 25.3 Å². The zero-order chi connectivity index (χ0) is 38.8. The highest BCUT2D eigenvalue weighted by Crippen LogP contribution is 2.46. The summed E-state index contributed by atoms with van der Waals surface area (Å²) in [5, 5.41) is 15.5. The zero-order valence-corrected chi connectivity index (χ0v) is 33.1. The largest absolute Gasteiger partial charge is 0.374 e. The highest BCUT2D eigenvalue weighted by Gasteiger charge is 2.44. The van der Waals surface area contributed by atoms with Gasteiger partial charge in [0.05, 0.1) is 10.6 Å². The number of piperidine rings is 3. The van der Waals surface area contributed by atoms with Crippen molar-refractivity contribution in [3.05, 3.63) is 82.9 Å². The molecule has 8 rings (SSSR count). The van der Waals surface area contributed by atoms with Crippen LogP contribution in [0, 0.1) is 22.7 Å². The normalized spacial score (nSPS) is 23.3. The predicted octanol–water partition coefficient (Wildman–Crippen LogP) is 5.99. The molecule has 56 heavy (non-hydrogen) atoms. The average Bonchev–Trinajstić information content (AvgIpc) is 3.54. The molecule has 2 atom stereocenters. The lowest BCUT2D eigenvalue weighted by atomic mass is 9.76. The molecule has 3 amide bonds. The van der Waals surface area contributed by atoms with Gasteiger partial charge in [0.25, 0.3) is 5.91 Å². The predicted molar refractivity (Wildman–Crippen MR) is 221 cm³/mol. The van der Waals surface area contributed by atoms with Gasteiger partial charge in [-0.2, -0.15) is 5.26 Å². The number of nitriles is 1. The second-order valence-corrected chi connectivity index (χ2v) is 17.1. The van der Waals surface area contributed by atoms with Crippen LogP contribution in [0.4, 0.5) is 22.7 Å². The van der Waals surface area contributed by atoms with Gasteiger partial charge in [0.1, 0.15) is 12.1 Å². The molecule has 294 valence electrons. The van der Waals surface area contributed by atoms with Gasteiger partial charge in [0, 0.05) is 106 Å². The first-order valence-electron chi connectivity index (χ1n) is 20.4. The maximum atomic E-state index is 13.6. The van der Waals surface area contributed by atoms with E-state index >= 15 is 0 Å². The van der Waals surface area contributed by atoms with Crippen molar-refractivity contribution in [1.82, 2.24) is 15.1 Å². The van der Waals surface area contributed by atoms with Crippen LogP contribution in [0.2, 0.25) is 5.02 Å². The molecule has 0 aliphatic carbocycles. The van der Waals surface area contributed by atoms with Crippen LogP contribution in [-0.2, 0) is 9.59 Å². The summed E-state index contributed by atoms with van der Waals surface area (Å²) in [4.78, 5) is 49.2. The Morgan fingerprint density at radius 3 is 2.29 bits per heavy atom. The molecule has 5 fully saturated rings. The van der Waals surface area contributed by atoms with Gasteiger partial charge in [-0.3, -0.25) is 24.6 Å². The van der Waals surface area contributed by atoms with Gasteiger partial charge in [-0.05, 0) is 117 Å². The molecule has 0 bridgehead atoms. The third-order valence-corrected chi connectivity index (χ3v) is 13.4. The van der Waals surface area contributed by atoms with E-state index in [-0.39, 0.29) is 29.2 Å². The summed E-state index contributed by atoms with van der Waals surface area (Å²) in [6.07, 6.45) is 6.34. The number of rotatable bonds is 8. The molecule has 2 unspecified atom stereocenters. The quantitative estimate of drug-likeness (QED) is 0.267. The summed E-state index contributed by atoms with van der Waals surface area (Å²) in [5.74, 6) is 0.268. The van der Waals surface area contributed by atoms with Crippen LogP contribution in [0.1, 0.15) is 67.8 Å². The van der Waals surface area contributed by atoms with Crippen LogP contribution in [0.3, 0.4) is 0 Å². The third-order valence-electron chi connectivity index (χ3n) is 13.1. The van der Waals surface area contributed by atoms with Gasteiger partial charge in [-0.25, -0.2) is 0 Å². The molecular formula is C44H53ClN8O3. The minimum Gasteiger partial charge on any atom is -0.374 e. The van der Waals surface area contributed by atoms with E-state index in [4.69, 9.17) is 11.6 Å². The van der Waals surface area contributed by atoms with Crippen molar-refractivity contribution < 1.29 is 14.4 Å². The molecule has 11 nitrogen and oxygen atoms in total. The minimum atomic E-state index is -0.389. The number of carbonyl (C=O) groups is 3. The summed E-state index contributed by atoms with van der Waals surface area (Å²) in [6, 6.07) is 24.5. The van der Waals surface area contributed by atoms with Crippen LogP contribution in [0.25, 0.3) is 0 Å². The number of amides is 3. The first-order chi connectivity index (χ1) is 27.1. The Morgan fingerprint density at radius 1 is 0.875 bits per heavy atom. The summed E-state index contributed by atoms with van der Waals surface area (Å²) >= 11 is 6.38. The fraction of sp³-hybridized carbons (Fsp3) is 0.500. The molecule has 0 saturated carbocycles. The molecule has 1 spiro atoms. The van der Waals surface area contributed by atoms with Gasteiger partial charge in [-0.1, -0.05) is 17.7 Å². The SMILES string of the molecule is CC1CC2(CCN(c3ccc(C(=O)N4CCC(CN5CCN(c6cccc(NC7CCC(=O)NC7=O)c6)CC5)CC4)cc3)CC2)CN1c1ccc(C#N)c(Cl)c1. The molecule has 5 aliphatic rings. The summed E-state index contributed by atoms with van der Waals surface area (Å²) in [5.41, 5.74) is 5.90. The number of benzene rings is 3. The molecule has 3 aromatic carbocycles. The summed E-state index contributed by atoms with van der Waals surface area (Å²) in [7, 11) is 0. The van der Waals surface area contributed by atoms with Crippen molar-refractivity contribution in [2.45, 2.75) is 64.0 Å². The zero-order valence-electron chi connectivity index (χ0n) is 32.4. The molecule has 5 aliphatic heterocycles. The van der Waals surface area contributed by atoms with Gasteiger partial charge < -0.3 is 24.9 Å². The fourth-order valence-electron chi connectivity index (χ4n) is 9.73. The number of halogens is 1. The van der Waals surface area contributed by atoms with Crippen molar-refractivity contribution in [3.8, 4) is 6.07 Å². The van der Waals surface area contributed by atoms with Crippen molar-refractivity contribution in [1.29, 1.82) is 5.26 Å². The summed E-state index contributed by atoms with van der Waals surface area (Å²) in [6.45, 7) is 11.9. The van der Waals surface area contributed by atoms with E-state index in [2.05, 4.69) is 67.5 Å². The topological polar surface area (TPSA) is 115 Å². The third kappa shape index (κ3) is 8.33. The van der Waals surface area contributed by atoms with E-state index in [1.165, 1.54) is 5.69 Å². The van der Waals surface area contributed by atoms with E-state index in [0.29, 0.717) is 35.4 Å². The van der Waals surface area contributed by atoms with Gasteiger partial charge >= 0.3 is 0 Å². The Balaban J connectivity index is 0.762. The first kappa shape index (κ1) is 38.1. The Labute approximate surface area is 335 Å². The molecule has 5 saturated heterocycles. The van der Waals surface area contributed by atoms with Crippen LogP contribution in [-0.4, -0.2) is 105 Å². The number of nitrogens with one attached hydrogen (secondary N) is 2. The van der Waals surface area contributed by atoms with Gasteiger partial charge in [0.2, 0.25) is 11.8 Å². The highest BCUT2D eigenvalue weighted by molar-refractivity contribution is 6.32. The lowest BCUT2D eigenvalue weighted by Gasteiger charge is -2.40. The lowest BCUT2D eigenvalue weighted by Crippen LogP contribution is -2.49. The number of nitrogens with zero attached hydrogens (tertiary/aromatic N) is 6. The number of piperazine rings is 1. The number of hydrogen-bond acceptors (Lipinski definition) is 9. The van der Waals surface area contributed by atoms with E-state index in [1.54, 1.807) is 0 Å².